The lowest BCUT2D eigenvalue weighted by molar-refractivity contribution is 0.507. The van der Waals surface area contributed by atoms with Crippen LogP contribution in [-0.4, -0.2) is 28.8 Å². The predicted molar refractivity (Wildman–Crippen MR) is 103 cm³/mol. The first kappa shape index (κ1) is 19.3. The molecule has 0 bridgehead atoms. The Morgan fingerprint density at radius 2 is 2.22 bits per heavy atom. The van der Waals surface area contributed by atoms with Gasteiger partial charge in [0.2, 0.25) is 0 Å². The summed E-state index contributed by atoms with van der Waals surface area (Å²) in [5.74, 6) is 1.72. The van der Waals surface area contributed by atoms with E-state index in [9.17, 15) is 0 Å². The van der Waals surface area contributed by atoms with E-state index >= 15 is 0 Å². The van der Waals surface area contributed by atoms with E-state index in [1.165, 1.54) is 0 Å². The molecule has 6 nitrogen and oxygen atoms in total. The van der Waals surface area contributed by atoms with E-state index in [0.717, 1.165) is 36.0 Å². The van der Waals surface area contributed by atoms with Gasteiger partial charge >= 0.3 is 0 Å². The highest BCUT2D eigenvalue weighted by atomic mass is 127. The van der Waals surface area contributed by atoms with Crippen LogP contribution in [0.1, 0.15) is 18.4 Å². The molecule has 2 aromatic rings. The Kier molecular flexibility index (Phi) is 8.46. The third-order valence-electron chi connectivity index (χ3n) is 3.12. The molecule has 0 spiro atoms. The molecule has 2 aromatic heterocycles. The van der Waals surface area contributed by atoms with Crippen LogP contribution in [-0.2, 0) is 20.0 Å². The van der Waals surface area contributed by atoms with Gasteiger partial charge in [-0.05, 0) is 25.1 Å². The number of nitrogens with one attached hydrogen (secondary N) is 2. The van der Waals surface area contributed by atoms with Gasteiger partial charge < -0.3 is 15.1 Å². The van der Waals surface area contributed by atoms with Crippen molar-refractivity contribution in [3.8, 4) is 0 Å². The van der Waals surface area contributed by atoms with Gasteiger partial charge in [-0.25, -0.2) is 4.99 Å². The van der Waals surface area contributed by atoms with Gasteiger partial charge in [0.05, 0.1) is 18.5 Å². The van der Waals surface area contributed by atoms with Crippen molar-refractivity contribution in [2.45, 2.75) is 19.9 Å². The van der Waals surface area contributed by atoms with Gasteiger partial charge in [-0.2, -0.15) is 5.10 Å². The van der Waals surface area contributed by atoms with Crippen molar-refractivity contribution in [3.05, 3.63) is 54.3 Å². The van der Waals surface area contributed by atoms with Crippen LogP contribution in [0.3, 0.4) is 0 Å². The smallest absolute Gasteiger partial charge is 0.191 e. The lowest BCUT2D eigenvalue weighted by atomic mass is 10.3. The molecule has 23 heavy (non-hydrogen) atoms. The highest BCUT2D eigenvalue weighted by Crippen LogP contribution is 2.00. The van der Waals surface area contributed by atoms with Crippen LogP contribution in [0.2, 0.25) is 0 Å². The standard InChI is InChI=1S/C16H23N5O.HI/c1-13(2)11-18-16(17-8-7-15-5-4-10-22-15)19-12-14-6-9-20-21(14)3;/h4-6,9-10H,1,7-8,11-12H2,2-3H3,(H2,17,18,19);1H. The number of aryl methyl sites for hydroxylation is 1. The fourth-order valence-electron chi connectivity index (χ4n) is 1.88. The van der Waals surface area contributed by atoms with Gasteiger partial charge in [-0.15, -0.1) is 24.0 Å². The van der Waals surface area contributed by atoms with E-state index in [1.807, 2.05) is 36.9 Å². The Bertz CT molecular complexity index is 618. The number of aliphatic imine (C=N–C) groups is 1. The van der Waals surface area contributed by atoms with Crippen LogP contribution in [0.4, 0.5) is 0 Å². The molecular weight excluding hydrogens is 405 g/mol. The van der Waals surface area contributed by atoms with Crippen molar-refractivity contribution in [2.75, 3.05) is 13.1 Å². The molecule has 7 heteroatoms. The molecule has 0 aromatic carbocycles. The van der Waals surface area contributed by atoms with Gasteiger partial charge in [-0.1, -0.05) is 12.2 Å². The van der Waals surface area contributed by atoms with Crippen molar-refractivity contribution >= 4 is 29.9 Å². The first-order valence-electron chi connectivity index (χ1n) is 7.31. The fourth-order valence-corrected chi connectivity index (χ4v) is 1.88. The van der Waals surface area contributed by atoms with Crippen LogP contribution in [0, 0.1) is 0 Å². The fraction of sp³-hybridized carbons (Fsp3) is 0.375. The summed E-state index contributed by atoms with van der Waals surface area (Å²) in [5.41, 5.74) is 2.11. The Morgan fingerprint density at radius 1 is 1.39 bits per heavy atom. The molecule has 0 radical (unpaired) electrons. The highest BCUT2D eigenvalue weighted by molar-refractivity contribution is 14.0. The largest absolute Gasteiger partial charge is 0.469 e. The molecule has 0 aliphatic rings. The van der Waals surface area contributed by atoms with E-state index in [1.54, 1.807) is 12.5 Å². The summed E-state index contributed by atoms with van der Waals surface area (Å²) in [4.78, 5) is 4.58. The zero-order valence-electron chi connectivity index (χ0n) is 13.6. The third kappa shape index (κ3) is 6.89. The highest BCUT2D eigenvalue weighted by Gasteiger charge is 2.02. The van der Waals surface area contributed by atoms with E-state index in [2.05, 4.69) is 27.3 Å². The average Bonchev–Trinajstić information content (AvgIpc) is 3.13. The first-order valence-corrected chi connectivity index (χ1v) is 7.31. The predicted octanol–water partition coefficient (Wildman–Crippen LogP) is 2.49. The number of nitrogens with zero attached hydrogens (tertiary/aromatic N) is 3. The van der Waals surface area contributed by atoms with Crippen LogP contribution >= 0.6 is 24.0 Å². The molecule has 2 heterocycles. The summed E-state index contributed by atoms with van der Waals surface area (Å²) in [6, 6.07) is 5.82. The molecule has 0 aliphatic carbocycles. The minimum atomic E-state index is 0. The number of aromatic nitrogens is 2. The lowest BCUT2D eigenvalue weighted by Crippen LogP contribution is -2.39. The third-order valence-corrected chi connectivity index (χ3v) is 3.12. The molecule has 0 aliphatic heterocycles. The zero-order chi connectivity index (χ0) is 15.8. The second-order valence-corrected chi connectivity index (χ2v) is 5.18. The second kappa shape index (κ2) is 10.1. The second-order valence-electron chi connectivity index (χ2n) is 5.18. The molecular formula is C16H24IN5O. The van der Waals surface area contributed by atoms with E-state index in [4.69, 9.17) is 4.42 Å². The zero-order valence-corrected chi connectivity index (χ0v) is 15.9. The maximum absolute atomic E-state index is 5.32. The van der Waals surface area contributed by atoms with Crippen molar-refractivity contribution in [2.24, 2.45) is 12.0 Å². The van der Waals surface area contributed by atoms with Gasteiger partial charge in [0.25, 0.3) is 0 Å². The van der Waals surface area contributed by atoms with E-state index in [-0.39, 0.29) is 24.0 Å². The van der Waals surface area contributed by atoms with Crippen LogP contribution < -0.4 is 10.6 Å². The maximum Gasteiger partial charge on any atom is 0.191 e. The van der Waals surface area contributed by atoms with Crippen LogP contribution in [0.25, 0.3) is 0 Å². The molecule has 2 N–H and O–H groups in total. The summed E-state index contributed by atoms with van der Waals surface area (Å²) in [5, 5.41) is 10.7. The average molecular weight is 429 g/mol. The Morgan fingerprint density at radius 3 is 2.83 bits per heavy atom. The minimum Gasteiger partial charge on any atom is -0.469 e. The number of hydrogen-bond acceptors (Lipinski definition) is 3. The summed E-state index contributed by atoms with van der Waals surface area (Å²) in [6.45, 7) is 7.89. The molecule has 2 rings (SSSR count). The summed E-state index contributed by atoms with van der Waals surface area (Å²) >= 11 is 0. The Balaban J connectivity index is 0.00000264. The normalized spacial score (nSPS) is 11.0. The van der Waals surface area contributed by atoms with Crippen molar-refractivity contribution in [3.63, 3.8) is 0 Å². The number of hydrogen-bond donors (Lipinski definition) is 2. The Labute approximate surface area is 154 Å². The summed E-state index contributed by atoms with van der Waals surface area (Å²) in [6.07, 6.45) is 4.27. The first-order chi connectivity index (χ1) is 10.6. The van der Waals surface area contributed by atoms with E-state index in [0.29, 0.717) is 13.1 Å². The van der Waals surface area contributed by atoms with Crippen molar-refractivity contribution in [1.29, 1.82) is 0 Å². The molecule has 0 saturated carbocycles. The van der Waals surface area contributed by atoms with Crippen molar-refractivity contribution in [1.82, 2.24) is 20.4 Å². The molecule has 126 valence electrons. The minimum absolute atomic E-state index is 0. The van der Waals surface area contributed by atoms with Gasteiger partial charge in [-0.3, -0.25) is 4.68 Å². The lowest BCUT2D eigenvalue weighted by Gasteiger charge is -2.12. The number of halogens is 1. The Hall–Kier alpha value is -1.77. The molecule has 0 unspecified atom stereocenters. The van der Waals surface area contributed by atoms with Crippen molar-refractivity contribution < 1.29 is 4.42 Å². The maximum atomic E-state index is 5.32. The summed E-state index contributed by atoms with van der Waals surface area (Å²) in [7, 11) is 1.91. The van der Waals surface area contributed by atoms with Crippen LogP contribution in [0.15, 0.2) is 52.2 Å². The SMILES string of the molecule is C=C(C)CNC(=NCc1ccnn1C)NCCc1ccco1.I. The quantitative estimate of drug-likeness (QED) is 0.307. The summed E-state index contributed by atoms with van der Waals surface area (Å²) < 4.78 is 7.14. The van der Waals surface area contributed by atoms with Gasteiger partial charge in [0.1, 0.15) is 5.76 Å². The van der Waals surface area contributed by atoms with E-state index < -0.39 is 0 Å². The number of guanidine groups is 1. The molecule has 0 saturated heterocycles. The molecule has 0 fully saturated rings. The topological polar surface area (TPSA) is 67.4 Å². The molecule has 0 amide bonds. The number of rotatable bonds is 7. The molecule has 0 atom stereocenters. The van der Waals surface area contributed by atoms with Gasteiger partial charge in [0, 0.05) is 32.8 Å². The monoisotopic (exact) mass is 429 g/mol. The number of furan rings is 1. The van der Waals surface area contributed by atoms with Crippen LogP contribution in [0.5, 0.6) is 0 Å². The van der Waals surface area contributed by atoms with Gasteiger partial charge in [0.15, 0.2) is 5.96 Å².